The van der Waals surface area contributed by atoms with Crippen molar-refractivity contribution < 1.29 is 18.3 Å². The van der Waals surface area contributed by atoms with Crippen LogP contribution in [0.1, 0.15) is 11.1 Å². The second kappa shape index (κ2) is 6.39. The lowest BCUT2D eigenvalue weighted by Gasteiger charge is -2.07. The van der Waals surface area contributed by atoms with Crippen molar-refractivity contribution in [3.8, 4) is 17.0 Å². The maximum atomic E-state index is 12.6. The number of aromatic nitrogens is 4. The van der Waals surface area contributed by atoms with Crippen LogP contribution in [0.25, 0.3) is 22.2 Å². The van der Waals surface area contributed by atoms with E-state index in [0.717, 1.165) is 17.5 Å². The van der Waals surface area contributed by atoms with Gasteiger partial charge in [-0.1, -0.05) is 29.5 Å². The van der Waals surface area contributed by atoms with Gasteiger partial charge in [-0.3, -0.25) is 4.98 Å². The average molecular weight is 370 g/mol. The number of hydrogen-bond acceptors (Lipinski definition) is 4. The van der Waals surface area contributed by atoms with Crippen molar-refractivity contribution in [1.29, 1.82) is 0 Å². The fourth-order valence-electron chi connectivity index (χ4n) is 2.82. The highest BCUT2D eigenvalue weighted by Crippen LogP contribution is 2.33. The van der Waals surface area contributed by atoms with E-state index >= 15 is 0 Å². The summed E-state index contributed by atoms with van der Waals surface area (Å²) < 4.78 is 39.4. The van der Waals surface area contributed by atoms with Crippen molar-refractivity contribution in [2.24, 2.45) is 0 Å². The Morgan fingerprint density at radius 3 is 2.52 bits per heavy atom. The number of phenols is 1. The third-order valence-electron chi connectivity index (χ3n) is 4.19. The third kappa shape index (κ3) is 3.33. The Hall–Kier alpha value is -3.42. The van der Waals surface area contributed by atoms with E-state index in [0.29, 0.717) is 22.3 Å². The quantitative estimate of drug-likeness (QED) is 0.585. The van der Waals surface area contributed by atoms with E-state index in [1.807, 2.05) is 12.1 Å². The number of nitrogens with zero attached hydrogens (tertiary/aromatic N) is 4. The summed E-state index contributed by atoms with van der Waals surface area (Å²) in [5, 5.41) is 19.3. The zero-order valence-corrected chi connectivity index (χ0v) is 13.9. The number of pyridine rings is 1. The summed E-state index contributed by atoms with van der Waals surface area (Å²) in [5.41, 5.74) is 1.36. The number of fused-ring (bicyclic) bond motifs is 1. The van der Waals surface area contributed by atoms with Gasteiger partial charge in [0, 0.05) is 17.1 Å². The van der Waals surface area contributed by atoms with Crippen molar-refractivity contribution in [2.45, 2.75) is 12.7 Å². The molecule has 4 aromatic rings. The Bertz CT molecular complexity index is 1100. The molecular formula is C19H13F3N4O. The van der Waals surface area contributed by atoms with Gasteiger partial charge in [-0.05, 0) is 29.8 Å². The fraction of sp³-hybridized carbons (Fsp3) is 0.105. The van der Waals surface area contributed by atoms with Gasteiger partial charge in [0.2, 0.25) is 0 Å². The van der Waals surface area contributed by atoms with Gasteiger partial charge in [0.25, 0.3) is 0 Å². The molecule has 2 aromatic heterocycles. The molecule has 0 aliphatic rings. The molecule has 2 heterocycles. The first kappa shape index (κ1) is 17.0. The molecule has 0 aliphatic heterocycles. The van der Waals surface area contributed by atoms with Crippen LogP contribution in [0.2, 0.25) is 0 Å². The molecule has 0 saturated heterocycles. The SMILES string of the molecule is Oc1c(-c2cn(Cc3ccc(C(F)(F)F)cc3)nn2)ccc2cccnc12. The highest BCUT2D eigenvalue weighted by atomic mass is 19.4. The number of alkyl halides is 3. The topological polar surface area (TPSA) is 63.8 Å². The Balaban J connectivity index is 1.60. The summed E-state index contributed by atoms with van der Waals surface area (Å²) in [6, 6.07) is 12.1. The summed E-state index contributed by atoms with van der Waals surface area (Å²) in [7, 11) is 0. The van der Waals surface area contributed by atoms with Gasteiger partial charge in [0.15, 0.2) is 5.75 Å². The molecule has 8 heteroatoms. The van der Waals surface area contributed by atoms with Crippen LogP contribution < -0.4 is 0 Å². The van der Waals surface area contributed by atoms with E-state index < -0.39 is 11.7 Å². The average Bonchev–Trinajstić information content (AvgIpc) is 3.10. The molecule has 2 aromatic carbocycles. The van der Waals surface area contributed by atoms with Crippen LogP contribution in [-0.4, -0.2) is 25.1 Å². The van der Waals surface area contributed by atoms with Crippen molar-refractivity contribution in [2.75, 3.05) is 0 Å². The molecule has 1 N–H and O–H groups in total. The number of halogens is 3. The Labute approximate surface area is 151 Å². The van der Waals surface area contributed by atoms with E-state index in [-0.39, 0.29) is 12.3 Å². The van der Waals surface area contributed by atoms with Crippen molar-refractivity contribution >= 4 is 10.9 Å². The van der Waals surface area contributed by atoms with Crippen LogP contribution in [-0.2, 0) is 12.7 Å². The largest absolute Gasteiger partial charge is 0.505 e. The molecule has 0 radical (unpaired) electrons. The first-order valence-electron chi connectivity index (χ1n) is 8.05. The minimum atomic E-state index is -4.36. The lowest BCUT2D eigenvalue weighted by Crippen LogP contribution is -2.05. The van der Waals surface area contributed by atoms with E-state index in [9.17, 15) is 18.3 Å². The van der Waals surface area contributed by atoms with Gasteiger partial charge in [0.05, 0.1) is 18.3 Å². The van der Waals surface area contributed by atoms with Crippen LogP contribution >= 0.6 is 0 Å². The lowest BCUT2D eigenvalue weighted by molar-refractivity contribution is -0.137. The number of aromatic hydroxyl groups is 1. The number of hydrogen-bond donors (Lipinski definition) is 1. The van der Waals surface area contributed by atoms with E-state index in [1.165, 1.54) is 16.8 Å². The summed E-state index contributed by atoms with van der Waals surface area (Å²) in [4.78, 5) is 4.17. The van der Waals surface area contributed by atoms with Crippen molar-refractivity contribution in [3.63, 3.8) is 0 Å². The van der Waals surface area contributed by atoms with Crippen LogP contribution in [0.3, 0.4) is 0 Å². The Morgan fingerprint density at radius 2 is 1.78 bits per heavy atom. The van der Waals surface area contributed by atoms with Crippen LogP contribution in [0.4, 0.5) is 13.2 Å². The number of benzene rings is 2. The summed E-state index contributed by atoms with van der Waals surface area (Å²) >= 11 is 0. The van der Waals surface area contributed by atoms with Crippen LogP contribution in [0.5, 0.6) is 5.75 Å². The third-order valence-corrected chi connectivity index (χ3v) is 4.19. The zero-order valence-electron chi connectivity index (χ0n) is 13.9. The molecule has 5 nitrogen and oxygen atoms in total. The molecule has 0 saturated carbocycles. The zero-order chi connectivity index (χ0) is 19.0. The highest BCUT2D eigenvalue weighted by Gasteiger charge is 2.29. The molecule has 0 bridgehead atoms. The van der Waals surface area contributed by atoms with Crippen molar-refractivity contribution in [3.05, 3.63) is 72.1 Å². The minimum Gasteiger partial charge on any atom is -0.505 e. The van der Waals surface area contributed by atoms with Gasteiger partial charge in [-0.15, -0.1) is 5.10 Å². The summed E-state index contributed by atoms with van der Waals surface area (Å²) in [6.07, 6.45) is -1.14. The maximum Gasteiger partial charge on any atom is 0.416 e. The number of rotatable bonds is 3. The molecule has 0 unspecified atom stereocenters. The monoisotopic (exact) mass is 370 g/mol. The standard InChI is InChI=1S/C19H13F3N4O/c20-19(21,22)14-6-3-12(4-7-14)10-26-11-16(24-25-26)15-8-5-13-2-1-9-23-17(13)18(15)27/h1-9,11,27H,10H2. The van der Waals surface area contributed by atoms with E-state index in [2.05, 4.69) is 15.3 Å². The molecule has 0 spiro atoms. The first-order chi connectivity index (χ1) is 12.9. The van der Waals surface area contributed by atoms with E-state index in [4.69, 9.17) is 0 Å². The predicted molar refractivity (Wildman–Crippen MR) is 93.0 cm³/mol. The first-order valence-corrected chi connectivity index (χ1v) is 8.05. The van der Waals surface area contributed by atoms with Gasteiger partial charge in [-0.2, -0.15) is 13.2 Å². The molecule has 0 fully saturated rings. The second-order valence-electron chi connectivity index (χ2n) is 6.03. The summed E-state index contributed by atoms with van der Waals surface area (Å²) in [5.74, 6) is 0.00896. The predicted octanol–water partition coefficient (Wildman–Crippen LogP) is 4.27. The van der Waals surface area contributed by atoms with Crippen LogP contribution in [0, 0.1) is 0 Å². The molecule has 4 rings (SSSR count). The van der Waals surface area contributed by atoms with Gasteiger partial charge < -0.3 is 5.11 Å². The molecule has 136 valence electrons. The van der Waals surface area contributed by atoms with Crippen LogP contribution in [0.15, 0.2) is 60.9 Å². The summed E-state index contributed by atoms with van der Waals surface area (Å²) in [6.45, 7) is 0.262. The Kier molecular flexibility index (Phi) is 4.02. The normalized spacial score (nSPS) is 11.8. The molecule has 0 atom stereocenters. The molecule has 27 heavy (non-hydrogen) atoms. The molecule has 0 amide bonds. The van der Waals surface area contributed by atoms with E-state index in [1.54, 1.807) is 24.5 Å². The smallest absolute Gasteiger partial charge is 0.416 e. The van der Waals surface area contributed by atoms with Gasteiger partial charge in [0.1, 0.15) is 11.2 Å². The highest BCUT2D eigenvalue weighted by molar-refractivity contribution is 5.90. The van der Waals surface area contributed by atoms with Gasteiger partial charge >= 0.3 is 6.18 Å². The molecular weight excluding hydrogens is 357 g/mol. The van der Waals surface area contributed by atoms with Gasteiger partial charge in [-0.25, -0.2) is 4.68 Å². The minimum absolute atomic E-state index is 0.00896. The fourth-order valence-corrected chi connectivity index (χ4v) is 2.82. The Morgan fingerprint density at radius 1 is 1.00 bits per heavy atom. The molecule has 0 aliphatic carbocycles. The maximum absolute atomic E-state index is 12.6. The second-order valence-corrected chi connectivity index (χ2v) is 6.03. The number of phenolic OH excluding ortho intramolecular Hbond substituents is 1. The van der Waals surface area contributed by atoms with Crippen molar-refractivity contribution in [1.82, 2.24) is 20.0 Å². The lowest BCUT2D eigenvalue weighted by atomic mass is 10.1.